The van der Waals surface area contributed by atoms with Crippen molar-refractivity contribution in [3.8, 4) is 0 Å². The number of fused-ring (bicyclic) bond motifs is 1. The Bertz CT molecular complexity index is 850. The number of carbonyl (C=O) groups excluding carboxylic acids is 3. The summed E-state index contributed by atoms with van der Waals surface area (Å²) >= 11 is 0. The Hall–Kier alpha value is -2.38. The molecule has 1 atom stereocenters. The highest BCUT2D eigenvalue weighted by Crippen LogP contribution is 2.27. The van der Waals surface area contributed by atoms with E-state index in [4.69, 9.17) is 0 Å². The van der Waals surface area contributed by atoms with Crippen molar-refractivity contribution < 1.29 is 14.4 Å². The van der Waals surface area contributed by atoms with Gasteiger partial charge in [-0.2, -0.15) is 5.10 Å². The van der Waals surface area contributed by atoms with Gasteiger partial charge in [-0.3, -0.25) is 19.1 Å². The molecular weight excluding hydrogens is 406 g/mol. The summed E-state index contributed by atoms with van der Waals surface area (Å²) in [6.45, 7) is 2.02. The number of hydrogen-bond acceptors (Lipinski definition) is 4. The third-order valence-electron chi connectivity index (χ3n) is 7.60. The molecule has 2 saturated carbocycles. The number of amides is 3. The van der Waals surface area contributed by atoms with Crippen LogP contribution in [0, 0.1) is 0 Å². The summed E-state index contributed by atoms with van der Waals surface area (Å²) in [4.78, 5) is 40.7. The van der Waals surface area contributed by atoms with Gasteiger partial charge in [0.05, 0.1) is 6.54 Å². The zero-order valence-corrected chi connectivity index (χ0v) is 19.5. The second-order valence-corrected chi connectivity index (χ2v) is 10.0. The number of nitrogens with one attached hydrogen (secondary N) is 2. The number of rotatable bonds is 4. The van der Waals surface area contributed by atoms with Crippen LogP contribution in [0.15, 0.2) is 6.07 Å². The van der Waals surface area contributed by atoms with Crippen LogP contribution in [0.5, 0.6) is 0 Å². The lowest BCUT2D eigenvalue weighted by molar-refractivity contribution is -0.133. The van der Waals surface area contributed by atoms with Gasteiger partial charge in [0.25, 0.3) is 11.8 Å². The first-order valence-corrected chi connectivity index (χ1v) is 12.4. The van der Waals surface area contributed by atoms with Crippen molar-refractivity contribution >= 4 is 17.7 Å². The largest absolute Gasteiger partial charge is 0.351 e. The molecule has 0 spiro atoms. The standard InChI is InChI=1S/C24H37N5O3/c1-24(23(32)26-18-13-9-5-6-10-14-18)16-29-20(22(31)28(24)2)15-19(27-29)21(30)25-17-11-7-3-4-8-12-17/h15,17-18H,3-14,16H2,1-2H3,(H,25,30)(H,26,32). The molecule has 3 amide bonds. The second-order valence-electron chi connectivity index (χ2n) is 10.0. The third-order valence-corrected chi connectivity index (χ3v) is 7.60. The van der Waals surface area contributed by atoms with Crippen LogP contribution >= 0.6 is 0 Å². The molecule has 1 unspecified atom stereocenters. The number of nitrogens with zero attached hydrogens (tertiary/aromatic N) is 3. The van der Waals surface area contributed by atoms with Crippen molar-refractivity contribution in [2.75, 3.05) is 7.05 Å². The SMILES string of the molecule is CN1C(=O)c2cc(C(=O)NC3CCCCCC3)nn2CC1(C)C(=O)NC1CCCCCC1. The first-order chi connectivity index (χ1) is 15.4. The third kappa shape index (κ3) is 4.69. The van der Waals surface area contributed by atoms with Crippen molar-refractivity contribution in [1.29, 1.82) is 0 Å². The number of likely N-dealkylation sites (N-methyl/N-ethyl adjacent to an activating group) is 1. The molecule has 2 N–H and O–H groups in total. The molecule has 1 aromatic rings. The average molecular weight is 444 g/mol. The molecule has 176 valence electrons. The van der Waals surface area contributed by atoms with Gasteiger partial charge in [0.1, 0.15) is 11.2 Å². The minimum atomic E-state index is -1.04. The lowest BCUT2D eigenvalue weighted by atomic mass is 9.95. The molecule has 2 heterocycles. The van der Waals surface area contributed by atoms with Gasteiger partial charge >= 0.3 is 0 Å². The summed E-state index contributed by atoms with van der Waals surface area (Å²) in [5.41, 5.74) is -0.435. The van der Waals surface area contributed by atoms with E-state index in [1.165, 1.54) is 35.3 Å². The predicted molar refractivity (Wildman–Crippen MR) is 121 cm³/mol. The first-order valence-electron chi connectivity index (χ1n) is 12.4. The molecule has 1 aliphatic heterocycles. The number of aromatic nitrogens is 2. The summed E-state index contributed by atoms with van der Waals surface area (Å²) < 4.78 is 1.54. The monoisotopic (exact) mass is 443 g/mol. The predicted octanol–water partition coefficient (Wildman–Crippen LogP) is 3.02. The Morgan fingerprint density at radius 1 is 0.938 bits per heavy atom. The van der Waals surface area contributed by atoms with Crippen molar-refractivity contribution in [1.82, 2.24) is 25.3 Å². The van der Waals surface area contributed by atoms with Gasteiger partial charge in [-0.15, -0.1) is 0 Å². The highest BCUT2D eigenvalue weighted by Gasteiger charge is 2.46. The van der Waals surface area contributed by atoms with Crippen LogP contribution in [0.3, 0.4) is 0 Å². The summed E-state index contributed by atoms with van der Waals surface area (Å²) in [5.74, 6) is -0.666. The number of hydrogen-bond donors (Lipinski definition) is 2. The fourth-order valence-electron chi connectivity index (χ4n) is 5.29. The Kier molecular flexibility index (Phi) is 6.86. The molecule has 32 heavy (non-hydrogen) atoms. The van der Waals surface area contributed by atoms with Crippen LogP contribution in [0.1, 0.15) is 105 Å². The van der Waals surface area contributed by atoms with Gasteiger partial charge in [0.15, 0.2) is 5.69 Å². The van der Waals surface area contributed by atoms with E-state index in [1.54, 1.807) is 20.0 Å². The zero-order valence-electron chi connectivity index (χ0n) is 19.5. The van der Waals surface area contributed by atoms with Crippen molar-refractivity contribution in [3.63, 3.8) is 0 Å². The summed E-state index contributed by atoms with van der Waals surface area (Å²) in [6, 6.07) is 1.89. The van der Waals surface area contributed by atoms with Gasteiger partial charge in [-0.1, -0.05) is 51.4 Å². The lowest BCUT2D eigenvalue weighted by Crippen LogP contribution is -2.63. The molecule has 0 saturated heterocycles. The topological polar surface area (TPSA) is 96.3 Å². The second kappa shape index (κ2) is 9.63. The fraction of sp³-hybridized carbons (Fsp3) is 0.750. The molecule has 4 rings (SSSR count). The Balaban J connectivity index is 1.47. The summed E-state index contributed by atoms with van der Waals surface area (Å²) in [6.07, 6.45) is 13.3. The maximum Gasteiger partial charge on any atom is 0.272 e. The molecule has 3 aliphatic rings. The summed E-state index contributed by atoms with van der Waals surface area (Å²) in [7, 11) is 1.66. The normalized spacial score (nSPS) is 25.6. The molecule has 2 aliphatic carbocycles. The van der Waals surface area contributed by atoms with Crippen LogP contribution in [-0.4, -0.2) is 57.1 Å². The first kappa shape index (κ1) is 22.8. The molecule has 1 aromatic heterocycles. The zero-order chi connectivity index (χ0) is 22.7. The molecule has 0 aromatic carbocycles. The summed E-state index contributed by atoms with van der Waals surface area (Å²) in [5, 5.41) is 10.7. The van der Waals surface area contributed by atoms with E-state index in [0.29, 0.717) is 5.69 Å². The van der Waals surface area contributed by atoms with Gasteiger partial charge in [0, 0.05) is 25.2 Å². The van der Waals surface area contributed by atoms with Crippen LogP contribution < -0.4 is 10.6 Å². The highest BCUT2D eigenvalue weighted by atomic mass is 16.2. The van der Waals surface area contributed by atoms with E-state index in [1.807, 2.05) is 0 Å². The molecular formula is C24H37N5O3. The minimum absolute atomic E-state index is 0.147. The van der Waals surface area contributed by atoms with E-state index in [2.05, 4.69) is 15.7 Å². The maximum absolute atomic E-state index is 13.3. The van der Waals surface area contributed by atoms with Crippen molar-refractivity contribution in [2.45, 2.75) is 108 Å². The van der Waals surface area contributed by atoms with E-state index < -0.39 is 5.54 Å². The molecule has 8 heteroatoms. The van der Waals surface area contributed by atoms with Gasteiger partial charge < -0.3 is 15.5 Å². The van der Waals surface area contributed by atoms with Crippen LogP contribution in [0.2, 0.25) is 0 Å². The van der Waals surface area contributed by atoms with Gasteiger partial charge in [0.2, 0.25) is 5.91 Å². The smallest absolute Gasteiger partial charge is 0.272 e. The molecule has 0 bridgehead atoms. The Morgan fingerprint density at radius 3 is 2.03 bits per heavy atom. The van der Waals surface area contributed by atoms with Crippen LogP contribution in [0.25, 0.3) is 0 Å². The van der Waals surface area contributed by atoms with Crippen molar-refractivity contribution in [2.24, 2.45) is 0 Å². The van der Waals surface area contributed by atoms with Gasteiger partial charge in [-0.25, -0.2) is 0 Å². The van der Waals surface area contributed by atoms with E-state index in [9.17, 15) is 14.4 Å². The van der Waals surface area contributed by atoms with Crippen molar-refractivity contribution in [3.05, 3.63) is 17.5 Å². The van der Waals surface area contributed by atoms with Gasteiger partial charge in [-0.05, 0) is 32.6 Å². The Morgan fingerprint density at radius 2 is 1.47 bits per heavy atom. The molecule has 0 radical (unpaired) electrons. The average Bonchev–Trinajstić information content (AvgIpc) is 2.93. The molecule has 8 nitrogen and oxygen atoms in total. The highest BCUT2D eigenvalue weighted by molar-refractivity contribution is 6.01. The van der Waals surface area contributed by atoms with Crippen LogP contribution in [-0.2, 0) is 11.3 Å². The molecule has 2 fully saturated rings. The Labute approximate surface area is 190 Å². The lowest BCUT2D eigenvalue weighted by Gasteiger charge is -2.41. The fourth-order valence-corrected chi connectivity index (χ4v) is 5.29. The van der Waals surface area contributed by atoms with E-state index in [-0.39, 0.29) is 42.0 Å². The maximum atomic E-state index is 13.3. The van der Waals surface area contributed by atoms with E-state index in [0.717, 1.165) is 51.4 Å². The van der Waals surface area contributed by atoms with Crippen LogP contribution in [0.4, 0.5) is 0 Å². The minimum Gasteiger partial charge on any atom is -0.351 e. The van der Waals surface area contributed by atoms with E-state index >= 15 is 0 Å². The quantitative estimate of drug-likeness (QED) is 0.699. The number of carbonyl (C=O) groups is 3.